The van der Waals surface area contributed by atoms with Gasteiger partial charge in [0.15, 0.2) is 0 Å². The molecule has 1 atom stereocenters. The summed E-state index contributed by atoms with van der Waals surface area (Å²) in [4.78, 5) is 26.0. The highest BCUT2D eigenvalue weighted by Gasteiger charge is 2.39. The van der Waals surface area contributed by atoms with E-state index in [9.17, 15) is 14.0 Å². The molecule has 1 aliphatic heterocycles. The van der Waals surface area contributed by atoms with Crippen molar-refractivity contribution in [3.8, 4) is 5.75 Å². The van der Waals surface area contributed by atoms with Gasteiger partial charge in [0, 0.05) is 0 Å². The predicted octanol–water partition coefficient (Wildman–Crippen LogP) is 2.69. The number of amides is 2. The topological polar surface area (TPSA) is 58.6 Å². The van der Waals surface area contributed by atoms with Crippen molar-refractivity contribution in [1.82, 2.24) is 5.32 Å². The van der Waals surface area contributed by atoms with E-state index in [0.717, 1.165) is 5.56 Å². The maximum Gasteiger partial charge on any atom is 0.251 e. The molecule has 26 heavy (non-hydrogen) atoms. The van der Waals surface area contributed by atoms with E-state index >= 15 is 0 Å². The number of anilines is 1. The van der Waals surface area contributed by atoms with Gasteiger partial charge in [-0.3, -0.25) is 9.59 Å². The first-order chi connectivity index (χ1) is 12.6. The molecular weight excluding hydrogens is 335 g/mol. The fourth-order valence-electron chi connectivity index (χ4n) is 3.00. The van der Waals surface area contributed by atoms with Crippen molar-refractivity contribution in [3.05, 3.63) is 59.9 Å². The first-order valence-corrected chi connectivity index (χ1v) is 8.66. The van der Waals surface area contributed by atoms with Crippen molar-refractivity contribution < 1.29 is 18.7 Å². The van der Waals surface area contributed by atoms with Crippen LogP contribution in [0, 0.1) is 5.82 Å². The number of ether oxygens (including phenoxy) is 1. The van der Waals surface area contributed by atoms with Crippen molar-refractivity contribution in [2.75, 3.05) is 18.1 Å². The van der Waals surface area contributed by atoms with E-state index in [1.165, 1.54) is 17.0 Å². The van der Waals surface area contributed by atoms with Crippen molar-refractivity contribution in [3.63, 3.8) is 0 Å². The van der Waals surface area contributed by atoms with Crippen LogP contribution < -0.4 is 15.0 Å². The average molecular weight is 356 g/mol. The van der Waals surface area contributed by atoms with Crippen LogP contribution in [0.25, 0.3) is 0 Å². The van der Waals surface area contributed by atoms with Crippen LogP contribution in [0.2, 0.25) is 0 Å². The van der Waals surface area contributed by atoms with Crippen LogP contribution in [-0.4, -0.2) is 31.0 Å². The van der Waals surface area contributed by atoms with Crippen molar-refractivity contribution in [1.29, 1.82) is 0 Å². The van der Waals surface area contributed by atoms with Crippen LogP contribution in [-0.2, 0) is 16.0 Å². The number of rotatable bonds is 7. The van der Waals surface area contributed by atoms with E-state index in [4.69, 9.17) is 4.74 Å². The Labute approximate surface area is 151 Å². The lowest BCUT2D eigenvalue weighted by Crippen LogP contribution is -2.39. The van der Waals surface area contributed by atoms with Crippen molar-refractivity contribution in [2.24, 2.45) is 0 Å². The van der Waals surface area contributed by atoms with Crippen LogP contribution in [0.5, 0.6) is 5.75 Å². The first-order valence-electron chi connectivity index (χ1n) is 8.66. The summed E-state index contributed by atoms with van der Waals surface area (Å²) in [6.07, 6.45) is 0.702. The summed E-state index contributed by atoms with van der Waals surface area (Å²) in [5.74, 6) is -0.0859. The predicted molar refractivity (Wildman–Crippen MR) is 96.6 cm³/mol. The Morgan fingerprint density at radius 1 is 1.19 bits per heavy atom. The first kappa shape index (κ1) is 18.1. The standard InChI is InChI=1S/C20H21FN2O3/c1-2-26-17-8-6-16(7-9-17)23-19(24)13-18(20(23)25)22-11-10-14-4-3-5-15(21)12-14/h3-9,12,18,22H,2,10-11,13H2,1H3. The summed E-state index contributed by atoms with van der Waals surface area (Å²) < 4.78 is 18.6. The van der Waals surface area contributed by atoms with Gasteiger partial charge < -0.3 is 10.1 Å². The van der Waals surface area contributed by atoms with E-state index in [2.05, 4.69) is 5.32 Å². The summed E-state index contributed by atoms with van der Waals surface area (Å²) >= 11 is 0. The second kappa shape index (κ2) is 8.10. The molecule has 1 fully saturated rings. The molecule has 136 valence electrons. The Bertz CT molecular complexity index is 792. The highest BCUT2D eigenvalue weighted by molar-refractivity contribution is 6.22. The number of hydrogen-bond acceptors (Lipinski definition) is 4. The molecule has 3 rings (SSSR count). The fraction of sp³-hybridized carbons (Fsp3) is 0.300. The molecule has 1 unspecified atom stereocenters. The van der Waals surface area contributed by atoms with Gasteiger partial charge in [-0.15, -0.1) is 0 Å². The number of benzene rings is 2. The Balaban J connectivity index is 1.59. The SMILES string of the molecule is CCOc1ccc(N2C(=O)CC(NCCc3cccc(F)c3)C2=O)cc1. The van der Waals surface area contributed by atoms with Gasteiger partial charge in [0.25, 0.3) is 5.91 Å². The summed E-state index contributed by atoms with van der Waals surface area (Å²) in [6.45, 7) is 2.93. The molecule has 2 aromatic carbocycles. The third-order valence-electron chi connectivity index (χ3n) is 4.25. The van der Waals surface area contributed by atoms with Crippen LogP contribution in [0.3, 0.4) is 0 Å². The number of hydrogen-bond donors (Lipinski definition) is 1. The number of nitrogens with one attached hydrogen (secondary N) is 1. The Morgan fingerprint density at radius 3 is 2.65 bits per heavy atom. The molecule has 0 bridgehead atoms. The number of halogens is 1. The molecule has 0 aliphatic carbocycles. The molecule has 2 amide bonds. The molecule has 1 aliphatic rings. The monoisotopic (exact) mass is 356 g/mol. The Morgan fingerprint density at radius 2 is 1.96 bits per heavy atom. The zero-order chi connectivity index (χ0) is 18.5. The summed E-state index contributed by atoms with van der Waals surface area (Å²) in [5.41, 5.74) is 1.38. The molecule has 6 heteroatoms. The minimum absolute atomic E-state index is 0.120. The van der Waals surface area contributed by atoms with Crippen LogP contribution >= 0.6 is 0 Å². The molecule has 1 N–H and O–H groups in total. The van der Waals surface area contributed by atoms with E-state index in [1.807, 2.05) is 13.0 Å². The number of nitrogens with zero attached hydrogens (tertiary/aromatic N) is 1. The average Bonchev–Trinajstić information content (AvgIpc) is 2.90. The van der Waals surface area contributed by atoms with E-state index in [-0.39, 0.29) is 24.1 Å². The number of imide groups is 1. The van der Waals surface area contributed by atoms with Crippen LogP contribution in [0.1, 0.15) is 18.9 Å². The summed E-state index contributed by atoms with van der Waals surface area (Å²) in [6, 6.07) is 12.7. The van der Waals surface area contributed by atoms with Crippen LogP contribution in [0.4, 0.5) is 10.1 Å². The molecule has 5 nitrogen and oxygen atoms in total. The third kappa shape index (κ3) is 4.08. The maximum atomic E-state index is 13.2. The third-order valence-corrected chi connectivity index (χ3v) is 4.25. The number of carbonyl (C=O) groups is 2. The van der Waals surface area contributed by atoms with Gasteiger partial charge in [0.05, 0.1) is 24.8 Å². The lowest BCUT2D eigenvalue weighted by molar-refractivity contribution is -0.121. The van der Waals surface area contributed by atoms with Gasteiger partial charge in [-0.2, -0.15) is 0 Å². The summed E-state index contributed by atoms with van der Waals surface area (Å²) in [5, 5.41) is 3.10. The molecule has 0 spiro atoms. The molecule has 1 heterocycles. The fourth-order valence-corrected chi connectivity index (χ4v) is 3.00. The Hall–Kier alpha value is -2.73. The maximum absolute atomic E-state index is 13.2. The summed E-state index contributed by atoms with van der Waals surface area (Å²) in [7, 11) is 0. The van der Waals surface area contributed by atoms with Gasteiger partial charge in [-0.05, 0) is 61.9 Å². The zero-order valence-corrected chi connectivity index (χ0v) is 14.6. The van der Waals surface area contributed by atoms with Crippen molar-refractivity contribution >= 4 is 17.5 Å². The minimum atomic E-state index is -0.553. The normalized spacial score (nSPS) is 17.0. The number of carbonyl (C=O) groups excluding carboxylic acids is 2. The van der Waals surface area contributed by atoms with Gasteiger partial charge in [-0.1, -0.05) is 12.1 Å². The second-order valence-electron chi connectivity index (χ2n) is 6.09. The molecule has 0 radical (unpaired) electrons. The Kier molecular flexibility index (Phi) is 5.63. The highest BCUT2D eigenvalue weighted by atomic mass is 19.1. The molecule has 0 saturated carbocycles. The van der Waals surface area contributed by atoms with Gasteiger partial charge in [-0.25, -0.2) is 9.29 Å². The van der Waals surface area contributed by atoms with Crippen molar-refractivity contribution in [2.45, 2.75) is 25.8 Å². The lowest BCUT2D eigenvalue weighted by Gasteiger charge is -2.16. The van der Waals surface area contributed by atoms with Crippen LogP contribution in [0.15, 0.2) is 48.5 Å². The van der Waals surface area contributed by atoms with Gasteiger partial charge in [0.1, 0.15) is 11.6 Å². The quantitative estimate of drug-likeness (QED) is 0.775. The second-order valence-corrected chi connectivity index (χ2v) is 6.09. The van der Waals surface area contributed by atoms with Gasteiger partial charge in [0.2, 0.25) is 5.91 Å². The lowest BCUT2D eigenvalue weighted by atomic mass is 10.1. The van der Waals surface area contributed by atoms with E-state index < -0.39 is 6.04 Å². The smallest absolute Gasteiger partial charge is 0.251 e. The van der Waals surface area contributed by atoms with Gasteiger partial charge >= 0.3 is 0 Å². The molecular formula is C20H21FN2O3. The molecule has 2 aromatic rings. The largest absolute Gasteiger partial charge is 0.494 e. The zero-order valence-electron chi connectivity index (χ0n) is 14.6. The molecule has 0 aromatic heterocycles. The highest BCUT2D eigenvalue weighted by Crippen LogP contribution is 2.25. The molecule has 1 saturated heterocycles. The van der Waals surface area contributed by atoms with E-state index in [0.29, 0.717) is 31.0 Å². The van der Waals surface area contributed by atoms with E-state index in [1.54, 1.807) is 30.3 Å². The minimum Gasteiger partial charge on any atom is -0.494 e.